The number of hydrogen-bond donors (Lipinski definition) is 2. The van der Waals surface area contributed by atoms with Crippen molar-refractivity contribution in [2.75, 3.05) is 0 Å². The fraction of sp³-hybridized carbons (Fsp3) is 0.278. The molecule has 0 aliphatic carbocycles. The van der Waals surface area contributed by atoms with Crippen LogP contribution in [-0.2, 0) is 16.1 Å². The SMILES string of the molecule is CC(=O)NC(CC(=O)NCc1cccc(C)n1)c1ccc(Cl)cc1. The van der Waals surface area contributed by atoms with Crippen LogP contribution in [0.4, 0.5) is 0 Å². The monoisotopic (exact) mass is 345 g/mol. The molecule has 1 unspecified atom stereocenters. The van der Waals surface area contributed by atoms with Gasteiger partial charge in [0.1, 0.15) is 0 Å². The Balaban J connectivity index is 1.99. The molecule has 0 aliphatic heterocycles. The largest absolute Gasteiger partial charge is 0.350 e. The third-order valence-electron chi connectivity index (χ3n) is 3.45. The molecule has 24 heavy (non-hydrogen) atoms. The van der Waals surface area contributed by atoms with Gasteiger partial charge in [-0.15, -0.1) is 0 Å². The number of aromatic nitrogens is 1. The van der Waals surface area contributed by atoms with Gasteiger partial charge >= 0.3 is 0 Å². The molecular formula is C18H20ClN3O2. The van der Waals surface area contributed by atoms with E-state index in [1.54, 1.807) is 24.3 Å². The van der Waals surface area contributed by atoms with E-state index in [4.69, 9.17) is 11.6 Å². The molecule has 1 heterocycles. The number of pyridine rings is 1. The lowest BCUT2D eigenvalue weighted by atomic mass is 10.0. The molecule has 2 N–H and O–H groups in total. The van der Waals surface area contributed by atoms with Gasteiger partial charge in [0.2, 0.25) is 11.8 Å². The molecule has 2 amide bonds. The summed E-state index contributed by atoms with van der Waals surface area (Å²) in [4.78, 5) is 28.0. The molecule has 2 rings (SSSR count). The van der Waals surface area contributed by atoms with Gasteiger partial charge in [0, 0.05) is 17.6 Å². The lowest BCUT2D eigenvalue weighted by Crippen LogP contribution is -2.32. The Labute approximate surface area is 146 Å². The summed E-state index contributed by atoms with van der Waals surface area (Å²) in [6.07, 6.45) is 0.146. The summed E-state index contributed by atoms with van der Waals surface area (Å²) in [5.74, 6) is -0.352. The van der Waals surface area contributed by atoms with E-state index in [2.05, 4.69) is 15.6 Å². The van der Waals surface area contributed by atoms with Crippen LogP contribution in [0.2, 0.25) is 5.02 Å². The van der Waals surface area contributed by atoms with Crippen LogP contribution < -0.4 is 10.6 Å². The van der Waals surface area contributed by atoms with Crippen molar-refractivity contribution < 1.29 is 9.59 Å². The van der Waals surface area contributed by atoms with Crippen molar-refractivity contribution in [2.24, 2.45) is 0 Å². The summed E-state index contributed by atoms with van der Waals surface area (Å²) in [6, 6.07) is 12.3. The highest BCUT2D eigenvalue weighted by Gasteiger charge is 2.17. The second-order valence-corrected chi connectivity index (χ2v) is 5.99. The molecular weight excluding hydrogens is 326 g/mol. The van der Waals surface area contributed by atoms with Gasteiger partial charge in [-0.3, -0.25) is 14.6 Å². The van der Waals surface area contributed by atoms with Gasteiger partial charge in [0.15, 0.2) is 0 Å². The van der Waals surface area contributed by atoms with Crippen molar-refractivity contribution in [3.05, 3.63) is 64.4 Å². The highest BCUT2D eigenvalue weighted by atomic mass is 35.5. The second-order valence-electron chi connectivity index (χ2n) is 5.56. The Bertz CT molecular complexity index is 716. The molecule has 0 radical (unpaired) electrons. The number of halogens is 1. The van der Waals surface area contributed by atoms with Crippen molar-refractivity contribution >= 4 is 23.4 Å². The lowest BCUT2D eigenvalue weighted by Gasteiger charge is -2.18. The summed E-state index contributed by atoms with van der Waals surface area (Å²) in [7, 11) is 0. The summed E-state index contributed by atoms with van der Waals surface area (Å²) < 4.78 is 0. The maximum Gasteiger partial charge on any atom is 0.222 e. The highest BCUT2D eigenvalue weighted by Crippen LogP contribution is 2.19. The number of nitrogens with one attached hydrogen (secondary N) is 2. The van der Waals surface area contributed by atoms with Gasteiger partial charge in [-0.1, -0.05) is 29.8 Å². The number of benzene rings is 1. The Morgan fingerprint density at radius 2 is 1.88 bits per heavy atom. The molecule has 0 spiro atoms. The molecule has 0 aliphatic rings. The third kappa shape index (κ3) is 5.66. The van der Waals surface area contributed by atoms with Crippen LogP contribution >= 0.6 is 11.6 Å². The molecule has 1 aromatic heterocycles. The van der Waals surface area contributed by atoms with E-state index in [9.17, 15) is 9.59 Å². The maximum atomic E-state index is 12.2. The van der Waals surface area contributed by atoms with Gasteiger partial charge in [-0.2, -0.15) is 0 Å². The normalized spacial score (nSPS) is 11.6. The average Bonchev–Trinajstić information content (AvgIpc) is 2.53. The Morgan fingerprint density at radius 3 is 2.50 bits per heavy atom. The molecule has 5 nitrogen and oxygen atoms in total. The molecule has 0 fully saturated rings. The van der Waals surface area contributed by atoms with Crippen molar-refractivity contribution in [1.82, 2.24) is 15.6 Å². The highest BCUT2D eigenvalue weighted by molar-refractivity contribution is 6.30. The van der Waals surface area contributed by atoms with E-state index in [0.29, 0.717) is 11.6 Å². The maximum absolute atomic E-state index is 12.2. The summed E-state index contributed by atoms with van der Waals surface area (Å²) in [5.41, 5.74) is 2.53. The molecule has 2 aromatic rings. The minimum absolute atomic E-state index is 0.146. The van der Waals surface area contributed by atoms with Crippen molar-refractivity contribution in [2.45, 2.75) is 32.9 Å². The predicted molar refractivity (Wildman–Crippen MR) is 93.4 cm³/mol. The zero-order valence-electron chi connectivity index (χ0n) is 13.7. The van der Waals surface area contributed by atoms with Gasteiger partial charge in [-0.05, 0) is 36.8 Å². The Morgan fingerprint density at radius 1 is 1.17 bits per heavy atom. The van der Waals surface area contributed by atoms with Crippen LogP contribution in [0.25, 0.3) is 0 Å². The van der Waals surface area contributed by atoms with Crippen LogP contribution in [0.15, 0.2) is 42.5 Å². The number of carbonyl (C=O) groups is 2. The van der Waals surface area contributed by atoms with E-state index in [1.807, 2.05) is 25.1 Å². The van der Waals surface area contributed by atoms with Crippen LogP contribution in [0.1, 0.15) is 36.3 Å². The smallest absolute Gasteiger partial charge is 0.222 e. The molecule has 0 saturated heterocycles. The van der Waals surface area contributed by atoms with Crippen LogP contribution in [0.3, 0.4) is 0 Å². The second kappa shape index (κ2) is 8.45. The molecule has 126 valence electrons. The van der Waals surface area contributed by atoms with Gasteiger partial charge in [0.25, 0.3) is 0 Å². The van der Waals surface area contributed by atoms with Gasteiger partial charge in [0.05, 0.1) is 24.7 Å². The number of nitrogens with zero attached hydrogens (tertiary/aromatic N) is 1. The lowest BCUT2D eigenvalue weighted by molar-refractivity contribution is -0.122. The quantitative estimate of drug-likeness (QED) is 0.845. The minimum Gasteiger partial charge on any atom is -0.350 e. The topological polar surface area (TPSA) is 71.1 Å². The minimum atomic E-state index is -0.398. The molecule has 0 saturated carbocycles. The first-order valence-corrected chi connectivity index (χ1v) is 8.03. The van der Waals surface area contributed by atoms with Crippen molar-refractivity contribution in [3.8, 4) is 0 Å². The van der Waals surface area contributed by atoms with E-state index in [-0.39, 0.29) is 18.2 Å². The Hall–Kier alpha value is -2.40. The van der Waals surface area contributed by atoms with E-state index >= 15 is 0 Å². The molecule has 6 heteroatoms. The van der Waals surface area contributed by atoms with Crippen LogP contribution in [0, 0.1) is 6.92 Å². The van der Waals surface area contributed by atoms with Gasteiger partial charge in [-0.25, -0.2) is 0 Å². The number of amides is 2. The first kappa shape index (κ1) is 17.9. The first-order chi connectivity index (χ1) is 11.4. The van der Waals surface area contributed by atoms with E-state index in [0.717, 1.165) is 17.0 Å². The average molecular weight is 346 g/mol. The first-order valence-electron chi connectivity index (χ1n) is 7.66. The number of carbonyl (C=O) groups excluding carboxylic acids is 2. The number of hydrogen-bond acceptors (Lipinski definition) is 3. The van der Waals surface area contributed by atoms with E-state index < -0.39 is 6.04 Å². The van der Waals surface area contributed by atoms with Gasteiger partial charge < -0.3 is 10.6 Å². The van der Waals surface area contributed by atoms with E-state index in [1.165, 1.54) is 6.92 Å². The summed E-state index contributed by atoms with van der Waals surface area (Å²) >= 11 is 5.88. The molecule has 1 atom stereocenters. The fourth-order valence-corrected chi connectivity index (χ4v) is 2.46. The molecule has 1 aromatic carbocycles. The standard InChI is InChI=1S/C18H20ClN3O2/c1-12-4-3-5-16(21-12)11-20-18(24)10-17(22-13(2)23)14-6-8-15(19)9-7-14/h3-9,17H,10-11H2,1-2H3,(H,20,24)(H,22,23). The van der Waals surface area contributed by atoms with Crippen LogP contribution in [0.5, 0.6) is 0 Å². The number of rotatable bonds is 6. The molecule has 0 bridgehead atoms. The predicted octanol–water partition coefficient (Wildman–Crippen LogP) is 2.93. The zero-order chi connectivity index (χ0) is 17.5. The van der Waals surface area contributed by atoms with Crippen molar-refractivity contribution in [3.63, 3.8) is 0 Å². The zero-order valence-corrected chi connectivity index (χ0v) is 14.4. The summed E-state index contributed by atoms with van der Waals surface area (Å²) in [5, 5.41) is 6.23. The third-order valence-corrected chi connectivity index (χ3v) is 3.70. The summed E-state index contributed by atoms with van der Waals surface area (Å²) in [6.45, 7) is 3.68. The Kier molecular flexibility index (Phi) is 6.32. The fourth-order valence-electron chi connectivity index (χ4n) is 2.34. The van der Waals surface area contributed by atoms with Crippen LogP contribution in [-0.4, -0.2) is 16.8 Å². The number of aryl methyl sites for hydroxylation is 1. The van der Waals surface area contributed by atoms with Crippen molar-refractivity contribution in [1.29, 1.82) is 0 Å².